The maximum Gasteiger partial charge on any atom is 0.124 e. The van der Waals surface area contributed by atoms with Crippen molar-refractivity contribution in [2.24, 2.45) is 0 Å². The Labute approximate surface area is 89.4 Å². The molecule has 1 heterocycles. The summed E-state index contributed by atoms with van der Waals surface area (Å²) in [6.45, 7) is 3.37. The van der Waals surface area contributed by atoms with Crippen molar-refractivity contribution in [1.29, 1.82) is 0 Å². The van der Waals surface area contributed by atoms with E-state index >= 15 is 0 Å². The molecule has 0 aromatic heterocycles. The maximum atomic E-state index is 5.89. The Bertz CT molecular complexity index is 323. The molecule has 2 rings (SSSR count). The number of likely N-dealkylation sites (tertiary alicyclic amines) is 1. The van der Waals surface area contributed by atoms with Crippen LogP contribution in [0.1, 0.15) is 12.0 Å². The molecular weight excluding hydrogens is 198 g/mol. The van der Waals surface area contributed by atoms with E-state index in [1.807, 2.05) is 18.2 Å². The smallest absolute Gasteiger partial charge is 0.124 e. The fourth-order valence-corrected chi connectivity index (χ4v) is 1.79. The third-order valence-electron chi connectivity index (χ3n) is 2.59. The van der Waals surface area contributed by atoms with Crippen LogP contribution in [0.25, 0.3) is 0 Å². The van der Waals surface area contributed by atoms with E-state index in [4.69, 9.17) is 16.3 Å². The first-order valence-corrected chi connectivity index (χ1v) is 5.22. The highest BCUT2D eigenvalue weighted by atomic mass is 35.5. The largest absolute Gasteiger partial charge is 0.496 e. The van der Waals surface area contributed by atoms with Crippen LogP contribution in [0, 0.1) is 0 Å². The number of methoxy groups -OCH3 is 1. The molecule has 1 aromatic carbocycles. The molecule has 76 valence electrons. The van der Waals surface area contributed by atoms with Crippen molar-refractivity contribution in [2.45, 2.75) is 13.0 Å². The van der Waals surface area contributed by atoms with Crippen LogP contribution < -0.4 is 4.74 Å². The van der Waals surface area contributed by atoms with Crippen molar-refractivity contribution in [3.63, 3.8) is 0 Å². The van der Waals surface area contributed by atoms with Crippen LogP contribution in [0.5, 0.6) is 5.75 Å². The number of rotatable bonds is 3. The molecule has 1 fully saturated rings. The molecule has 2 nitrogen and oxygen atoms in total. The van der Waals surface area contributed by atoms with Gasteiger partial charge in [-0.1, -0.05) is 17.7 Å². The van der Waals surface area contributed by atoms with Crippen LogP contribution in [0.4, 0.5) is 0 Å². The van der Waals surface area contributed by atoms with Gasteiger partial charge in [-0.05, 0) is 31.6 Å². The van der Waals surface area contributed by atoms with E-state index in [0.29, 0.717) is 0 Å². The first-order chi connectivity index (χ1) is 6.79. The van der Waals surface area contributed by atoms with Crippen molar-refractivity contribution >= 4 is 11.6 Å². The number of nitrogens with zero attached hydrogens (tertiary/aromatic N) is 1. The zero-order chi connectivity index (χ0) is 9.97. The third-order valence-corrected chi connectivity index (χ3v) is 2.83. The van der Waals surface area contributed by atoms with Gasteiger partial charge in [0, 0.05) is 17.1 Å². The van der Waals surface area contributed by atoms with Gasteiger partial charge >= 0.3 is 0 Å². The van der Waals surface area contributed by atoms with E-state index in [9.17, 15) is 0 Å². The summed E-state index contributed by atoms with van der Waals surface area (Å²) in [4.78, 5) is 2.39. The highest BCUT2D eigenvalue weighted by Gasteiger charge is 2.15. The SMILES string of the molecule is COc1cc(Cl)ccc1CN1CCC1. The molecule has 0 aliphatic carbocycles. The number of ether oxygens (including phenoxy) is 1. The van der Waals surface area contributed by atoms with E-state index in [-0.39, 0.29) is 0 Å². The summed E-state index contributed by atoms with van der Waals surface area (Å²) < 4.78 is 5.28. The summed E-state index contributed by atoms with van der Waals surface area (Å²) in [6, 6.07) is 5.83. The predicted octanol–water partition coefficient (Wildman–Crippen LogP) is 2.55. The Morgan fingerprint density at radius 1 is 1.43 bits per heavy atom. The summed E-state index contributed by atoms with van der Waals surface area (Å²) in [7, 11) is 1.69. The number of benzene rings is 1. The molecule has 1 aliphatic heterocycles. The predicted molar refractivity (Wildman–Crippen MR) is 57.9 cm³/mol. The summed E-state index contributed by atoms with van der Waals surface area (Å²) in [5, 5.41) is 0.731. The molecule has 1 saturated heterocycles. The first-order valence-electron chi connectivity index (χ1n) is 4.84. The minimum absolute atomic E-state index is 0.731. The van der Waals surface area contributed by atoms with Crippen LogP contribution in [0.15, 0.2) is 18.2 Å². The van der Waals surface area contributed by atoms with Crippen LogP contribution in [0.3, 0.4) is 0 Å². The fraction of sp³-hybridized carbons (Fsp3) is 0.455. The quantitative estimate of drug-likeness (QED) is 0.762. The molecule has 1 aromatic rings. The number of hydrogen-bond acceptors (Lipinski definition) is 2. The van der Waals surface area contributed by atoms with Gasteiger partial charge in [0.15, 0.2) is 0 Å². The number of halogens is 1. The second kappa shape index (κ2) is 4.20. The molecule has 14 heavy (non-hydrogen) atoms. The fourth-order valence-electron chi connectivity index (χ4n) is 1.63. The first kappa shape index (κ1) is 9.81. The van der Waals surface area contributed by atoms with Gasteiger partial charge in [-0.3, -0.25) is 4.90 Å². The molecule has 0 amide bonds. The van der Waals surface area contributed by atoms with Gasteiger partial charge in [-0.15, -0.1) is 0 Å². The van der Waals surface area contributed by atoms with Gasteiger partial charge in [0.25, 0.3) is 0 Å². The van der Waals surface area contributed by atoms with Crippen LogP contribution >= 0.6 is 11.6 Å². The minimum Gasteiger partial charge on any atom is -0.496 e. The normalized spacial score (nSPS) is 16.4. The van der Waals surface area contributed by atoms with Crippen molar-refractivity contribution in [3.8, 4) is 5.75 Å². The van der Waals surface area contributed by atoms with E-state index in [0.717, 1.165) is 17.3 Å². The molecular formula is C11H14ClNO. The maximum absolute atomic E-state index is 5.89. The topological polar surface area (TPSA) is 12.5 Å². The van der Waals surface area contributed by atoms with Crippen molar-refractivity contribution < 1.29 is 4.74 Å². The lowest BCUT2D eigenvalue weighted by molar-refractivity contribution is 0.170. The Kier molecular flexibility index (Phi) is 2.94. The molecule has 0 spiro atoms. The number of hydrogen-bond donors (Lipinski definition) is 0. The molecule has 0 radical (unpaired) electrons. The zero-order valence-electron chi connectivity index (χ0n) is 8.29. The molecule has 0 atom stereocenters. The van der Waals surface area contributed by atoms with Gasteiger partial charge in [0.2, 0.25) is 0 Å². The van der Waals surface area contributed by atoms with Gasteiger partial charge in [-0.2, -0.15) is 0 Å². The highest BCUT2D eigenvalue weighted by Crippen LogP contribution is 2.25. The Balaban J connectivity index is 2.14. The third kappa shape index (κ3) is 2.02. The van der Waals surface area contributed by atoms with E-state index < -0.39 is 0 Å². The average molecular weight is 212 g/mol. The van der Waals surface area contributed by atoms with Crippen LogP contribution in [0.2, 0.25) is 5.02 Å². The van der Waals surface area contributed by atoms with Gasteiger partial charge in [-0.25, -0.2) is 0 Å². The standard InChI is InChI=1S/C11H14ClNO/c1-14-11-7-10(12)4-3-9(11)8-13-5-2-6-13/h3-4,7H,2,5-6,8H2,1H3. The van der Waals surface area contributed by atoms with E-state index in [1.54, 1.807) is 7.11 Å². The Morgan fingerprint density at radius 2 is 2.21 bits per heavy atom. The molecule has 0 bridgehead atoms. The van der Waals surface area contributed by atoms with Gasteiger partial charge < -0.3 is 4.74 Å². The van der Waals surface area contributed by atoms with E-state index in [2.05, 4.69) is 4.90 Å². The summed E-state index contributed by atoms with van der Waals surface area (Å²) in [6.07, 6.45) is 1.32. The van der Waals surface area contributed by atoms with Gasteiger partial charge in [0.1, 0.15) is 5.75 Å². The highest BCUT2D eigenvalue weighted by molar-refractivity contribution is 6.30. The molecule has 0 saturated carbocycles. The van der Waals surface area contributed by atoms with Crippen molar-refractivity contribution in [1.82, 2.24) is 4.90 Å². The second-order valence-electron chi connectivity index (χ2n) is 3.59. The average Bonchev–Trinajstić information content (AvgIpc) is 2.13. The summed E-state index contributed by atoms with van der Waals surface area (Å²) in [5.74, 6) is 0.893. The van der Waals surface area contributed by atoms with Crippen LogP contribution in [-0.2, 0) is 6.54 Å². The lowest BCUT2D eigenvalue weighted by atomic mass is 10.1. The lowest BCUT2D eigenvalue weighted by Gasteiger charge is -2.31. The lowest BCUT2D eigenvalue weighted by Crippen LogP contribution is -2.36. The zero-order valence-corrected chi connectivity index (χ0v) is 9.05. The van der Waals surface area contributed by atoms with Crippen LogP contribution in [-0.4, -0.2) is 25.1 Å². The summed E-state index contributed by atoms with van der Waals surface area (Å²) >= 11 is 5.89. The minimum atomic E-state index is 0.731. The molecule has 0 unspecified atom stereocenters. The summed E-state index contributed by atoms with van der Waals surface area (Å²) in [5.41, 5.74) is 1.22. The van der Waals surface area contributed by atoms with Crippen molar-refractivity contribution in [3.05, 3.63) is 28.8 Å². The molecule has 0 N–H and O–H groups in total. The van der Waals surface area contributed by atoms with E-state index in [1.165, 1.54) is 25.1 Å². The second-order valence-corrected chi connectivity index (χ2v) is 4.02. The Hall–Kier alpha value is -0.730. The van der Waals surface area contributed by atoms with Gasteiger partial charge in [0.05, 0.1) is 7.11 Å². The molecule has 3 heteroatoms. The molecule has 1 aliphatic rings. The van der Waals surface area contributed by atoms with Crippen molar-refractivity contribution in [2.75, 3.05) is 20.2 Å². The Morgan fingerprint density at radius 3 is 2.79 bits per heavy atom. The monoisotopic (exact) mass is 211 g/mol.